The largest absolute Gasteiger partial charge is 0.495 e. The lowest BCUT2D eigenvalue weighted by Crippen LogP contribution is -2.50. The fraction of sp³-hybridized carbons (Fsp3) is 0.588. The number of imide groups is 1. The predicted octanol–water partition coefficient (Wildman–Crippen LogP) is 11.2. The van der Waals surface area contributed by atoms with E-state index in [1.807, 2.05) is 47.1 Å². The number of piperidine rings is 2. The number of urea groups is 1. The number of ether oxygens (including phenoxy) is 4. The number of nitrogens with one attached hydrogen (secondary N) is 1. The second-order valence-electron chi connectivity index (χ2n) is 27.4. The summed E-state index contributed by atoms with van der Waals surface area (Å²) in [7, 11) is 0.962. The molecule has 4 saturated heterocycles. The zero-order chi connectivity index (χ0) is 61.4. The van der Waals surface area contributed by atoms with Gasteiger partial charge in [-0.15, -0.1) is 5.54 Å². The van der Waals surface area contributed by atoms with Crippen molar-refractivity contribution in [3.8, 4) is 40.2 Å². The lowest BCUT2D eigenvalue weighted by molar-refractivity contribution is -0.120. The number of fused-ring (bicyclic) bond motifs is 2. The van der Waals surface area contributed by atoms with Crippen molar-refractivity contribution in [2.45, 2.75) is 141 Å². The molecule has 2 aromatic heterocycles. The molecule has 17 nitrogen and oxygen atoms in total. The third-order valence-corrected chi connectivity index (χ3v) is 26.8. The number of aromatic nitrogens is 3. The topological polar surface area (TPSA) is 175 Å². The number of amides is 4. The van der Waals surface area contributed by atoms with Gasteiger partial charge in [0.25, 0.3) is 5.91 Å². The van der Waals surface area contributed by atoms with Crippen molar-refractivity contribution in [3.05, 3.63) is 71.7 Å². The summed E-state index contributed by atoms with van der Waals surface area (Å²) >= 11 is 0. The summed E-state index contributed by atoms with van der Waals surface area (Å²) in [5.41, 5.74) is 7.03. The Morgan fingerprint density at radius 2 is 1.57 bits per heavy atom. The van der Waals surface area contributed by atoms with Crippen molar-refractivity contribution in [3.63, 3.8) is 0 Å². The van der Waals surface area contributed by atoms with E-state index in [0.29, 0.717) is 101 Å². The van der Waals surface area contributed by atoms with Crippen LogP contribution in [-0.4, -0.2) is 166 Å². The average molecular weight is 1210 g/mol. The molecule has 11 rings (SSSR count). The molecule has 466 valence electrons. The number of carbonyl (C=O) groups excluding carboxylic acids is 3. The number of hydrogen-bond donors (Lipinski definition) is 2. The second kappa shape index (κ2) is 25.6. The van der Waals surface area contributed by atoms with Gasteiger partial charge in [0, 0.05) is 119 Å². The van der Waals surface area contributed by atoms with Crippen LogP contribution in [0.1, 0.15) is 135 Å². The van der Waals surface area contributed by atoms with Crippen LogP contribution in [0.15, 0.2) is 54.7 Å². The first-order chi connectivity index (χ1) is 41.7. The number of carbonyl (C=O) groups is 3. The van der Waals surface area contributed by atoms with Gasteiger partial charge in [0.2, 0.25) is 5.91 Å². The van der Waals surface area contributed by atoms with Crippen LogP contribution in [0.4, 0.5) is 20.7 Å². The van der Waals surface area contributed by atoms with Crippen molar-refractivity contribution < 1.29 is 42.8 Å². The van der Waals surface area contributed by atoms with Gasteiger partial charge in [-0.1, -0.05) is 59.6 Å². The summed E-state index contributed by atoms with van der Waals surface area (Å²) in [5, 5.41) is 15.8. The highest BCUT2D eigenvalue weighted by Crippen LogP contribution is 2.49. The molecule has 2 saturated carbocycles. The van der Waals surface area contributed by atoms with E-state index in [-0.39, 0.29) is 59.6 Å². The molecule has 4 aliphatic heterocycles. The number of likely N-dealkylation sites (tertiary alicyclic amines) is 1. The second-order valence-corrected chi connectivity index (χ2v) is 32.9. The molecular weight excluding hydrogens is 1120 g/mol. The highest BCUT2D eigenvalue weighted by atomic mass is 28.3. The fourth-order valence-electron chi connectivity index (χ4n) is 15.3. The molecule has 5 aromatic rings. The molecule has 6 heterocycles. The summed E-state index contributed by atoms with van der Waals surface area (Å²) in [6.45, 7) is 24.8. The lowest BCUT2D eigenvalue weighted by atomic mass is 9.65. The number of pyridine rings is 1. The minimum Gasteiger partial charge on any atom is -0.495 e. The van der Waals surface area contributed by atoms with Crippen LogP contribution in [0.3, 0.4) is 0 Å². The quantitative estimate of drug-likeness (QED) is 0.0481. The van der Waals surface area contributed by atoms with E-state index in [2.05, 4.69) is 68.1 Å². The van der Waals surface area contributed by atoms with Crippen LogP contribution in [-0.2, 0) is 9.53 Å². The van der Waals surface area contributed by atoms with E-state index in [1.54, 1.807) is 31.5 Å². The van der Waals surface area contributed by atoms with E-state index < -0.39 is 25.5 Å². The summed E-state index contributed by atoms with van der Waals surface area (Å²) < 4.78 is 41.6. The number of benzene rings is 3. The first kappa shape index (κ1) is 62.2. The summed E-state index contributed by atoms with van der Waals surface area (Å²) in [4.78, 5) is 63.9. The van der Waals surface area contributed by atoms with Crippen molar-refractivity contribution in [2.24, 2.45) is 16.7 Å². The summed E-state index contributed by atoms with van der Waals surface area (Å²) in [5.74, 6) is 4.87. The number of piperazine rings is 1. The van der Waals surface area contributed by atoms with Crippen LogP contribution in [0.2, 0.25) is 16.6 Å². The van der Waals surface area contributed by atoms with E-state index >= 15 is 4.39 Å². The van der Waals surface area contributed by atoms with Crippen molar-refractivity contribution in [2.75, 3.05) is 109 Å². The van der Waals surface area contributed by atoms with Gasteiger partial charge < -0.3 is 43.7 Å². The maximum Gasteiger partial charge on any atom is 0.328 e. The normalized spacial score (nSPS) is 21.2. The highest BCUT2D eigenvalue weighted by Gasteiger charge is 2.47. The minimum atomic E-state index is -2.14. The number of anilines is 2. The Morgan fingerprint density at radius 3 is 2.24 bits per heavy atom. The Kier molecular flexibility index (Phi) is 18.3. The number of halogens is 1. The molecule has 6 fully saturated rings. The first-order valence-corrected chi connectivity index (χ1v) is 34.2. The van der Waals surface area contributed by atoms with Crippen molar-refractivity contribution in [1.82, 2.24) is 35.0 Å². The highest BCUT2D eigenvalue weighted by molar-refractivity contribution is 6.90. The summed E-state index contributed by atoms with van der Waals surface area (Å²) in [6.07, 6.45) is 12.1. The number of methoxy groups -OCH3 is 2. The molecule has 0 bridgehead atoms. The van der Waals surface area contributed by atoms with E-state index in [9.17, 15) is 19.5 Å². The number of β-amino-alcohol motifs (C(OH)–C–C–N with tert-alkyl or cyclic N) is 1. The third-order valence-electron chi connectivity index (χ3n) is 20.5. The zero-order valence-electron chi connectivity index (χ0n) is 52.7. The maximum absolute atomic E-state index is 18.0. The Hall–Kier alpha value is -6.43. The van der Waals surface area contributed by atoms with Gasteiger partial charge in [0.05, 0.1) is 30.4 Å². The zero-order valence-corrected chi connectivity index (χ0v) is 53.7. The number of nitrogens with zero attached hydrogens (tertiary/aromatic N) is 8. The van der Waals surface area contributed by atoms with Gasteiger partial charge in [-0.25, -0.2) is 9.18 Å². The monoisotopic (exact) mass is 1210 g/mol. The molecule has 6 aliphatic rings. The smallest absolute Gasteiger partial charge is 0.328 e. The molecule has 2 aliphatic carbocycles. The van der Waals surface area contributed by atoms with Gasteiger partial charge in [0.1, 0.15) is 36.6 Å². The van der Waals surface area contributed by atoms with E-state index in [0.717, 1.165) is 87.7 Å². The van der Waals surface area contributed by atoms with E-state index in [4.69, 9.17) is 33.9 Å². The fourth-order valence-corrected chi connectivity index (χ4v) is 20.5. The Labute approximate surface area is 514 Å². The Balaban J connectivity index is 0.743. The maximum atomic E-state index is 18.0. The van der Waals surface area contributed by atoms with E-state index in [1.165, 1.54) is 37.7 Å². The molecule has 1 atom stereocenters. The molecule has 19 heteroatoms. The molecule has 2 N–H and O–H groups in total. The van der Waals surface area contributed by atoms with Crippen LogP contribution in [0.5, 0.6) is 17.5 Å². The van der Waals surface area contributed by atoms with Crippen molar-refractivity contribution in [1.29, 1.82) is 0 Å². The number of aliphatic hydroxyl groups is 1. The number of hydrogen-bond acceptors (Lipinski definition) is 14. The molecule has 0 radical (unpaired) electrons. The first-order valence-electron chi connectivity index (χ1n) is 31.9. The SMILES string of the molecule is COCOc1cc(-c2ncc3c(N4CCC[C@@](C)(O)C4)nc(OCC4(CN5CCN(CC6CCC7(CC6)CCN(C(=O)c6ccc(OC)c(N8CCC(=O)NC8=O)c6)CC7)CC5)CC4)nc3c2F)c2c(C#C[Si](C(C)C)(C(C)C)C(C)C)cccc2c1. The van der Waals surface area contributed by atoms with Gasteiger partial charge in [-0.05, 0) is 141 Å². The van der Waals surface area contributed by atoms with Gasteiger partial charge in [-0.2, -0.15) is 9.97 Å². The predicted molar refractivity (Wildman–Crippen MR) is 341 cm³/mol. The summed E-state index contributed by atoms with van der Waals surface area (Å²) in [6, 6.07) is 14.6. The molecule has 3 aromatic carbocycles. The minimum absolute atomic E-state index is 0.0165. The average Bonchev–Trinajstić information content (AvgIpc) is 2.01. The molecule has 4 amide bonds. The lowest BCUT2D eigenvalue weighted by Gasteiger charge is -2.47. The molecule has 1 spiro atoms. The van der Waals surface area contributed by atoms with Crippen LogP contribution in [0.25, 0.3) is 32.9 Å². The van der Waals surface area contributed by atoms with Gasteiger partial charge >= 0.3 is 12.0 Å². The third kappa shape index (κ3) is 13.2. The molecule has 87 heavy (non-hydrogen) atoms. The molecule has 0 unspecified atom stereocenters. The Bertz CT molecular complexity index is 3410. The van der Waals surface area contributed by atoms with Gasteiger partial charge in [-0.3, -0.25) is 24.8 Å². The number of rotatable bonds is 18. The van der Waals surface area contributed by atoms with Crippen molar-refractivity contribution >= 4 is 59.1 Å². The van der Waals surface area contributed by atoms with Crippen LogP contribution < -0.4 is 29.3 Å². The standard InChI is InChI=1S/C68H90FN9O8Si/c1-45(2)87(46(3)4,47(5)6)35-19-49-12-10-13-50-36-52(86-44-83-8)38-53(58(49)50)60-59(69)61-54(39-70-60)62(77-27-11-20-66(7,82)41-77)73-64(72-61)85-43-68(23-24-68)42-75-33-31-74(32-34-75)40-48-16-21-67(22-17-48)25-29-76(30-26-67)63(80)51-14-15-56(84-9)55(37-51)78-28-18-57(79)71-65(78)81/h10,12-15,36-39,45-48,82H,11,16-18,20-34,40-44H2,1-9H3,(H,71,79,81)/t66-/m1/s1. The van der Waals surface area contributed by atoms with Crippen LogP contribution >= 0.6 is 0 Å². The molecular formula is C68H90FN9O8Si. The van der Waals surface area contributed by atoms with Crippen LogP contribution in [0, 0.1) is 34.0 Å². The Morgan fingerprint density at radius 1 is 0.851 bits per heavy atom. The van der Waals surface area contributed by atoms with Gasteiger partial charge in [0.15, 0.2) is 12.6 Å².